The highest BCUT2D eigenvalue weighted by molar-refractivity contribution is 6.26. The van der Waals surface area contributed by atoms with Gasteiger partial charge in [-0.25, -0.2) is 0 Å². The summed E-state index contributed by atoms with van der Waals surface area (Å²) in [5, 5.41) is 6.70. The minimum absolute atomic E-state index is 0.112. The molecule has 0 unspecified atom stereocenters. The molecule has 0 aliphatic heterocycles. The fourth-order valence-corrected chi connectivity index (χ4v) is 0.984. The molecule has 12 heavy (non-hydrogen) atoms. The van der Waals surface area contributed by atoms with E-state index < -0.39 is 0 Å². The van der Waals surface area contributed by atoms with E-state index in [1.54, 1.807) is 0 Å². The summed E-state index contributed by atoms with van der Waals surface area (Å²) in [4.78, 5) is 10.7. The minimum Gasteiger partial charge on any atom is -0.305 e. The van der Waals surface area contributed by atoms with Gasteiger partial charge in [0.2, 0.25) is 0 Å². The highest BCUT2D eigenvalue weighted by atomic mass is 16.1. The summed E-state index contributed by atoms with van der Waals surface area (Å²) in [5.74, 6) is -0.112. The molecule has 1 rings (SSSR count). The van der Waals surface area contributed by atoms with Gasteiger partial charge >= 0.3 is 0 Å². The molecular weight excluding hydrogens is 150 g/mol. The molecule has 1 aromatic rings. The second-order valence-electron chi connectivity index (χ2n) is 2.60. The van der Waals surface area contributed by atoms with E-state index in [0.717, 1.165) is 18.2 Å². The fourth-order valence-electron chi connectivity index (χ4n) is 0.984. The number of hydrogen-bond donors (Lipinski definition) is 1. The standard InChI is InChI=1S/C10H11NO/c11-8-10(12)7-6-9-4-2-1-3-5-9/h1-5,8,11H,6-7H2. The van der Waals surface area contributed by atoms with Gasteiger partial charge in [-0.15, -0.1) is 0 Å². The lowest BCUT2D eigenvalue weighted by molar-refractivity contribution is -0.112. The average Bonchev–Trinajstić information content (AvgIpc) is 2.16. The lowest BCUT2D eigenvalue weighted by Gasteiger charge is -1.96. The van der Waals surface area contributed by atoms with Crippen LogP contribution in [0.5, 0.6) is 0 Å². The number of ketones is 1. The van der Waals surface area contributed by atoms with Crippen LogP contribution in [0.15, 0.2) is 30.3 Å². The van der Waals surface area contributed by atoms with Gasteiger partial charge in [-0.2, -0.15) is 0 Å². The molecule has 0 fully saturated rings. The molecule has 0 heterocycles. The Morgan fingerprint density at radius 1 is 1.33 bits per heavy atom. The molecule has 0 radical (unpaired) electrons. The van der Waals surface area contributed by atoms with Crippen molar-refractivity contribution in [2.45, 2.75) is 12.8 Å². The van der Waals surface area contributed by atoms with Crippen molar-refractivity contribution in [3.63, 3.8) is 0 Å². The molecule has 0 spiro atoms. The molecule has 0 aromatic heterocycles. The van der Waals surface area contributed by atoms with Crippen molar-refractivity contribution >= 4 is 12.0 Å². The van der Waals surface area contributed by atoms with Gasteiger partial charge in [0.15, 0.2) is 5.78 Å². The number of Topliss-reactive ketones (excluding diaryl/α,β-unsaturated/α-hetero) is 1. The Morgan fingerprint density at radius 2 is 2.00 bits per heavy atom. The van der Waals surface area contributed by atoms with Crippen LogP contribution in [0.25, 0.3) is 0 Å². The van der Waals surface area contributed by atoms with Gasteiger partial charge in [0, 0.05) is 6.42 Å². The third-order valence-corrected chi connectivity index (χ3v) is 1.66. The maximum atomic E-state index is 10.7. The topological polar surface area (TPSA) is 40.9 Å². The van der Waals surface area contributed by atoms with Crippen LogP contribution < -0.4 is 0 Å². The molecule has 0 bridgehead atoms. The largest absolute Gasteiger partial charge is 0.305 e. The molecule has 1 N–H and O–H groups in total. The van der Waals surface area contributed by atoms with Crippen molar-refractivity contribution in [3.05, 3.63) is 35.9 Å². The number of benzene rings is 1. The van der Waals surface area contributed by atoms with Crippen LogP contribution in [0.2, 0.25) is 0 Å². The number of nitrogens with one attached hydrogen (secondary N) is 1. The minimum atomic E-state index is -0.112. The Labute approximate surface area is 71.7 Å². The first-order chi connectivity index (χ1) is 5.83. The number of aryl methyl sites for hydroxylation is 1. The molecule has 62 valence electrons. The zero-order valence-electron chi connectivity index (χ0n) is 6.79. The summed E-state index contributed by atoms with van der Waals surface area (Å²) in [6.45, 7) is 0. The Bertz CT molecular complexity index is 266. The fraction of sp³-hybridized carbons (Fsp3) is 0.200. The summed E-state index contributed by atoms with van der Waals surface area (Å²) in [5.41, 5.74) is 1.15. The molecule has 1 aromatic carbocycles. The van der Waals surface area contributed by atoms with Crippen LogP contribution in [-0.4, -0.2) is 12.0 Å². The number of hydrogen-bond acceptors (Lipinski definition) is 2. The predicted molar refractivity (Wildman–Crippen MR) is 48.6 cm³/mol. The van der Waals surface area contributed by atoms with Gasteiger partial charge in [0.25, 0.3) is 0 Å². The van der Waals surface area contributed by atoms with Crippen molar-refractivity contribution in [2.75, 3.05) is 0 Å². The van der Waals surface area contributed by atoms with E-state index in [4.69, 9.17) is 5.41 Å². The zero-order chi connectivity index (χ0) is 8.81. The quantitative estimate of drug-likeness (QED) is 0.672. The van der Waals surface area contributed by atoms with Crippen molar-refractivity contribution in [3.8, 4) is 0 Å². The predicted octanol–water partition coefficient (Wildman–Crippen LogP) is 1.84. The highest BCUT2D eigenvalue weighted by Gasteiger charge is 1.97. The van der Waals surface area contributed by atoms with E-state index in [1.165, 1.54) is 0 Å². The van der Waals surface area contributed by atoms with E-state index in [-0.39, 0.29) is 5.78 Å². The van der Waals surface area contributed by atoms with Gasteiger partial charge < -0.3 is 5.41 Å². The van der Waals surface area contributed by atoms with Gasteiger partial charge in [-0.3, -0.25) is 4.79 Å². The van der Waals surface area contributed by atoms with Crippen LogP contribution >= 0.6 is 0 Å². The van der Waals surface area contributed by atoms with Crippen LogP contribution in [0.3, 0.4) is 0 Å². The van der Waals surface area contributed by atoms with E-state index in [9.17, 15) is 4.79 Å². The molecule has 0 aliphatic rings. The summed E-state index contributed by atoms with van der Waals surface area (Å²) in [6, 6.07) is 9.81. The third-order valence-electron chi connectivity index (χ3n) is 1.66. The van der Waals surface area contributed by atoms with E-state index >= 15 is 0 Å². The average molecular weight is 161 g/mol. The van der Waals surface area contributed by atoms with E-state index in [1.807, 2.05) is 30.3 Å². The van der Waals surface area contributed by atoms with Crippen molar-refractivity contribution < 1.29 is 4.79 Å². The Kier molecular flexibility index (Phi) is 3.20. The Hall–Kier alpha value is -1.44. The van der Waals surface area contributed by atoms with Gasteiger partial charge in [-0.1, -0.05) is 30.3 Å². The molecule has 0 saturated carbocycles. The van der Waals surface area contributed by atoms with E-state index in [0.29, 0.717) is 6.42 Å². The molecule has 0 saturated heterocycles. The van der Waals surface area contributed by atoms with Crippen LogP contribution in [0.4, 0.5) is 0 Å². The van der Waals surface area contributed by atoms with Gasteiger partial charge in [-0.05, 0) is 12.0 Å². The number of carbonyl (C=O) groups excluding carboxylic acids is 1. The zero-order valence-corrected chi connectivity index (χ0v) is 6.79. The maximum Gasteiger partial charge on any atom is 0.173 e. The van der Waals surface area contributed by atoms with Crippen molar-refractivity contribution in [1.29, 1.82) is 5.41 Å². The summed E-state index contributed by atoms with van der Waals surface area (Å²) in [7, 11) is 0. The second kappa shape index (κ2) is 4.44. The van der Waals surface area contributed by atoms with Crippen LogP contribution in [0, 0.1) is 5.41 Å². The number of carbonyl (C=O) groups is 1. The smallest absolute Gasteiger partial charge is 0.173 e. The lowest BCUT2D eigenvalue weighted by Crippen LogP contribution is -1.99. The summed E-state index contributed by atoms with van der Waals surface area (Å²) < 4.78 is 0. The van der Waals surface area contributed by atoms with E-state index in [2.05, 4.69) is 0 Å². The molecule has 2 nitrogen and oxygen atoms in total. The lowest BCUT2D eigenvalue weighted by atomic mass is 10.1. The Balaban J connectivity index is 2.43. The molecular formula is C10H11NO. The first kappa shape index (κ1) is 8.65. The monoisotopic (exact) mass is 161 g/mol. The second-order valence-corrected chi connectivity index (χ2v) is 2.60. The number of rotatable bonds is 4. The highest BCUT2D eigenvalue weighted by Crippen LogP contribution is 2.01. The first-order valence-corrected chi connectivity index (χ1v) is 3.90. The maximum absolute atomic E-state index is 10.7. The summed E-state index contributed by atoms with van der Waals surface area (Å²) in [6.07, 6.45) is 2.05. The molecule has 0 atom stereocenters. The van der Waals surface area contributed by atoms with Crippen molar-refractivity contribution in [1.82, 2.24) is 0 Å². The van der Waals surface area contributed by atoms with Crippen LogP contribution in [-0.2, 0) is 11.2 Å². The third kappa shape index (κ3) is 2.66. The summed E-state index contributed by atoms with van der Waals surface area (Å²) >= 11 is 0. The normalized spacial score (nSPS) is 9.33. The Morgan fingerprint density at radius 3 is 2.58 bits per heavy atom. The van der Waals surface area contributed by atoms with Crippen molar-refractivity contribution in [2.24, 2.45) is 0 Å². The van der Waals surface area contributed by atoms with Crippen LogP contribution in [0.1, 0.15) is 12.0 Å². The van der Waals surface area contributed by atoms with Gasteiger partial charge in [0.1, 0.15) is 0 Å². The molecule has 0 amide bonds. The first-order valence-electron chi connectivity index (χ1n) is 3.90. The molecule has 0 aliphatic carbocycles. The van der Waals surface area contributed by atoms with Gasteiger partial charge in [0.05, 0.1) is 6.21 Å². The molecule has 2 heteroatoms. The SMILES string of the molecule is N=CC(=O)CCc1ccccc1.